The van der Waals surface area contributed by atoms with E-state index in [4.69, 9.17) is 4.74 Å². The molecule has 0 fully saturated rings. The maximum Gasteiger partial charge on any atom is 0.316 e. The Balaban J connectivity index is 2.30. The molecule has 1 aromatic heterocycles. The van der Waals surface area contributed by atoms with E-state index in [0.29, 0.717) is 6.07 Å². The second kappa shape index (κ2) is 5.37. The zero-order valence-electron chi connectivity index (χ0n) is 10.2. The topological polar surface area (TPSA) is 81.2 Å². The second-order valence-electron chi connectivity index (χ2n) is 3.64. The maximum atomic E-state index is 13.5. The third-order valence-corrected chi connectivity index (χ3v) is 3.66. The lowest BCUT2D eigenvalue weighted by Crippen LogP contribution is -2.15. The summed E-state index contributed by atoms with van der Waals surface area (Å²) in [5.74, 6) is -2.05. The van der Waals surface area contributed by atoms with Gasteiger partial charge in [-0.05, 0) is 12.1 Å². The van der Waals surface area contributed by atoms with Crippen molar-refractivity contribution in [1.82, 2.24) is 9.97 Å². The molecule has 1 heterocycles. The van der Waals surface area contributed by atoms with E-state index < -0.39 is 26.6 Å². The van der Waals surface area contributed by atoms with Gasteiger partial charge in [0.1, 0.15) is 16.5 Å². The standard InChI is InChI=1S/C11H9F2N3O3S/c1-19-11-14-5-8(6-15-11)16-20(17,18)10-3-2-7(12)4-9(10)13/h2-6,16H,1H3. The number of nitrogens with zero attached hydrogens (tertiary/aromatic N) is 2. The Morgan fingerprint density at radius 2 is 1.85 bits per heavy atom. The Bertz CT molecular complexity index is 720. The van der Waals surface area contributed by atoms with Crippen molar-refractivity contribution in [3.8, 4) is 6.01 Å². The summed E-state index contributed by atoms with van der Waals surface area (Å²) < 4.78 is 56.9. The van der Waals surface area contributed by atoms with E-state index in [9.17, 15) is 17.2 Å². The lowest BCUT2D eigenvalue weighted by molar-refractivity contribution is 0.380. The zero-order valence-corrected chi connectivity index (χ0v) is 11.0. The highest BCUT2D eigenvalue weighted by Gasteiger charge is 2.20. The van der Waals surface area contributed by atoms with Crippen LogP contribution >= 0.6 is 0 Å². The molecule has 0 aliphatic heterocycles. The van der Waals surface area contributed by atoms with Crippen molar-refractivity contribution >= 4 is 15.7 Å². The normalized spacial score (nSPS) is 11.2. The van der Waals surface area contributed by atoms with Crippen molar-refractivity contribution in [3.63, 3.8) is 0 Å². The first-order chi connectivity index (χ1) is 9.42. The molecule has 0 bridgehead atoms. The van der Waals surface area contributed by atoms with Crippen LogP contribution in [0.3, 0.4) is 0 Å². The molecule has 6 nitrogen and oxygen atoms in total. The van der Waals surface area contributed by atoms with Gasteiger partial charge >= 0.3 is 6.01 Å². The van der Waals surface area contributed by atoms with Crippen LogP contribution in [0, 0.1) is 11.6 Å². The van der Waals surface area contributed by atoms with Crippen LogP contribution in [-0.2, 0) is 10.0 Å². The van der Waals surface area contributed by atoms with Crippen LogP contribution in [0.1, 0.15) is 0 Å². The average molecular weight is 301 g/mol. The summed E-state index contributed by atoms with van der Waals surface area (Å²) in [7, 11) is -2.84. The van der Waals surface area contributed by atoms with Gasteiger partial charge in [0.25, 0.3) is 10.0 Å². The minimum absolute atomic E-state index is 0.0227. The number of halogens is 2. The number of hydrogen-bond donors (Lipinski definition) is 1. The van der Waals surface area contributed by atoms with E-state index in [-0.39, 0.29) is 11.7 Å². The van der Waals surface area contributed by atoms with Gasteiger partial charge in [-0.2, -0.15) is 0 Å². The molecule has 0 aliphatic carbocycles. The molecule has 2 aromatic rings. The fourth-order valence-corrected chi connectivity index (χ4v) is 2.47. The predicted octanol–water partition coefficient (Wildman–Crippen LogP) is 1.56. The van der Waals surface area contributed by atoms with Crippen LogP contribution in [0.5, 0.6) is 6.01 Å². The molecule has 0 saturated heterocycles. The molecule has 0 amide bonds. The van der Waals surface area contributed by atoms with Gasteiger partial charge in [0.15, 0.2) is 0 Å². The molecule has 0 unspecified atom stereocenters. The third-order valence-electron chi connectivity index (χ3n) is 2.25. The van der Waals surface area contributed by atoms with Gasteiger partial charge in [0.2, 0.25) is 0 Å². The first-order valence-corrected chi connectivity index (χ1v) is 6.74. The molecular weight excluding hydrogens is 292 g/mol. The molecule has 9 heteroatoms. The van der Waals surface area contributed by atoms with Crippen LogP contribution in [0.25, 0.3) is 0 Å². The Hall–Kier alpha value is -2.29. The van der Waals surface area contributed by atoms with Crippen LogP contribution < -0.4 is 9.46 Å². The first kappa shape index (κ1) is 14.1. The van der Waals surface area contributed by atoms with Crippen LogP contribution in [0.4, 0.5) is 14.5 Å². The Morgan fingerprint density at radius 3 is 2.40 bits per heavy atom. The molecule has 0 aliphatic rings. The summed E-state index contributed by atoms with van der Waals surface area (Å²) in [5, 5.41) is 0. The monoisotopic (exact) mass is 301 g/mol. The molecule has 2 rings (SSSR count). The number of nitrogens with one attached hydrogen (secondary N) is 1. The maximum absolute atomic E-state index is 13.5. The fourth-order valence-electron chi connectivity index (χ4n) is 1.38. The number of ether oxygens (including phenoxy) is 1. The fraction of sp³-hybridized carbons (Fsp3) is 0.0909. The summed E-state index contributed by atoms with van der Waals surface area (Å²) in [5.41, 5.74) is 0.0227. The highest BCUT2D eigenvalue weighted by Crippen LogP contribution is 2.19. The van der Waals surface area contributed by atoms with Crippen molar-refractivity contribution in [2.45, 2.75) is 4.90 Å². The van der Waals surface area contributed by atoms with Crippen LogP contribution in [0.2, 0.25) is 0 Å². The lowest BCUT2D eigenvalue weighted by atomic mass is 10.3. The van der Waals surface area contributed by atoms with Gasteiger partial charge in [0, 0.05) is 6.07 Å². The van der Waals surface area contributed by atoms with Gasteiger partial charge in [-0.25, -0.2) is 27.2 Å². The van der Waals surface area contributed by atoms with Crippen molar-refractivity contribution < 1.29 is 21.9 Å². The average Bonchev–Trinajstić information content (AvgIpc) is 2.38. The first-order valence-electron chi connectivity index (χ1n) is 5.26. The van der Waals surface area contributed by atoms with Gasteiger partial charge in [-0.15, -0.1) is 0 Å². The van der Waals surface area contributed by atoms with E-state index in [1.54, 1.807) is 0 Å². The van der Waals surface area contributed by atoms with Crippen molar-refractivity contribution in [1.29, 1.82) is 0 Å². The molecule has 20 heavy (non-hydrogen) atoms. The van der Waals surface area contributed by atoms with E-state index in [1.165, 1.54) is 7.11 Å². The summed E-state index contributed by atoms with van der Waals surface area (Å²) in [6.07, 6.45) is 2.32. The largest absolute Gasteiger partial charge is 0.467 e. The second-order valence-corrected chi connectivity index (χ2v) is 5.29. The third kappa shape index (κ3) is 2.99. The summed E-state index contributed by atoms with van der Waals surface area (Å²) in [6.45, 7) is 0. The van der Waals surface area contributed by atoms with Gasteiger partial charge in [-0.3, -0.25) is 4.72 Å². The smallest absolute Gasteiger partial charge is 0.316 e. The zero-order chi connectivity index (χ0) is 14.8. The molecule has 1 aromatic carbocycles. The molecule has 1 N–H and O–H groups in total. The van der Waals surface area contributed by atoms with E-state index >= 15 is 0 Å². The molecular formula is C11H9F2N3O3S. The van der Waals surface area contributed by atoms with Gasteiger partial charge < -0.3 is 4.74 Å². The van der Waals surface area contributed by atoms with Crippen molar-refractivity contribution in [2.75, 3.05) is 11.8 Å². The molecule has 0 atom stereocenters. The van der Waals surface area contributed by atoms with E-state index in [1.807, 2.05) is 0 Å². The SMILES string of the molecule is COc1ncc(NS(=O)(=O)c2ccc(F)cc2F)cn1. The van der Waals surface area contributed by atoms with Crippen LogP contribution in [0.15, 0.2) is 35.5 Å². The molecule has 106 valence electrons. The summed E-state index contributed by atoms with van der Waals surface area (Å²) >= 11 is 0. The molecule has 0 saturated carbocycles. The number of anilines is 1. The Labute approximate surface area is 113 Å². The summed E-state index contributed by atoms with van der Waals surface area (Å²) in [4.78, 5) is 6.72. The number of methoxy groups -OCH3 is 1. The number of rotatable bonds is 4. The van der Waals surface area contributed by atoms with Crippen molar-refractivity contribution in [2.24, 2.45) is 0 Å². The minimum atomic E-state index is -4.19. The van der Waals surface area contributed by atoms with E-state index in [2.05, 4.69) is 14.7 Å². The number of sulfonamides is 1. The highest BCUT2D eigenvalue weighted by atomic mass is 32.2. The van der Waals surface area contributed by atoms with Gasteiger partial charge in [0.05, 0.1) is 25.2 Å². The van der Waals surface area contributed by atoms with E-state index in [0.717, 1.165) is 24.5 Å². The lowest BCUT2D eigenvalue weighted by Gasteiger charge is -2.08. The Kier molecular flexibility index (Phi) is 3.79. The number of benzene rings is 1. The number of hydrogen-bond acceptors (Lipinski definition) is 5. The van der Waals surface area contributed by atoms with Crippen molar-refractivity contribution in [3.05, 3.63) is 42.2 Å². The number of aromatic nitrogens is 2. The quantitative estimate of drug-likeness (QED) is 0.927. The highest BCUT2D eigenvalue weighted by molar-refractivity contribution is 7.92. The Morgan fingerprint density at radius 1 is 1.20 bits per heavy atom. The van der Waals surface area contributed by atoms with Gasteiger partial charge in [-0.1, -0.05) is 0 Å². The summed E-state index contributed by atoms with van der Waals surface area (Å²) in [6, 6.07) is 2.22. The molecule has 0 radical (unpaired) electrons. The minimum Gasteiger partial charge on any atom is -0.467 e. The van der Waals surface area contributed by atoms with Crippen LogP contribution in [-0.4, -0.2) is 25.5 Å². The molecule has 0 spiro atoms. The predicted molar refractivity (Wildman–Crippen MR) is 65.8 cm³/mol.